The van der Waals surface area contributed by atoms with E-state index >= 15 is 0 Å². The summed E-state index contributed by atoms with van der Waals surface area (Å²) < 4.78 is 1.86. The van der Waals surface area contributed by atoms with Gasteiger partial charge in [-0.1, -0.05) is 0 Å². The van der Waals surface area contributed by atoms with Gasteiger partial charge < -0.3 is 5.32 Å². The van der Waals surface area contributed by atoms with Crippen LogP contribution in [0, 0.1) is 12.8 Å². The van der Waals surface area contributed by atoms with Crippen molar-refractivity contribution in [2.45, 2.75) is 39.3 Å². The predicted molar refractivity (Wildman–Crippen MR) is 66.7 cm³/mol. The number of hydrogen-bond donors (Lipinski definition) is 1. The van der Waals surface area contributed by atoms with Gasteiger partial charge >= 0.3 is 0 Å². The molecule has 0 aromatic carbocycles. The molecule has 0 radical (unpaired) electrons. The lowest BCUT2D eigenvalue weighted by atomic mass is 10.2. The van der Waals surface area contributed by atoms with Crippen LogP contribution in [-0.4, -0.2) is 20.6 Å². The van der Waals surface area contributed by atoms with Crippen molar-refractivity contribution >= 4 is 5.65 Å². The molecular formula is C13H18N4. The van der Waals surface area contributed by atoms with Gasteiger partial charge in [0.25, 0.3) is 0 Å². The Morgan fingerprint density at radius 1 is 1.53 bits per heavy atom. The van der Waals surface area contributed by atoms with Crippen LogP contribution in [0.1, 0.15) is 31.0 Å². The number of aromatic nitrogens is 3. The molecule has 17 heavy (non-hydrogen) atoms. The second-order valence-electron chi connectivity index (χ2n) is 5.06. The molecule has 1 fully saturated rings. The number of rotatable bonds is 4. The van der Waals surface area contributed by atoms with Gasteiger partial charge in [-0.25, -0.2) is 9.50 Å². The van der Waals surface area contributed by atoms with Crippen molar-refractivity contribution in [2.75, 3.05) is 0 Å². The topological polar surface area (TPSA) is 42.2 Å². The van der Waals surface area contributed by atoms with Crippen LogP contribution in [0.2, 0.25) is 0 Å². The minimum absolute atomic E-state index is 0.616. The fourth-order valence-electron chi connectivity index (χ4n) is 2.17. The molecule has 0 bridgehead atoms. The van der Waals surface area contributed by atoms with Crippen molar-refractivity contribution < 1.29 is 0 Å². The smallest absolute Gasteiger partial charge is 0.155 e. The van der Waals surface area contributed by atoms with E-state index in [1.807, 2.05) is 23.7 Å². The Morgan fingerprint density at radius 2 is 2.35 bits per heavy atom. The van der Waals surface area contributed by atoms with Crippen molar-refractivity contribution in [3.05, 3.63) is 29.7 Å². The van der Waals surface area contributed by atoms with Crippen LogP contribution in [0.25, 0.3) is 5.65 Å². The lowest BCUT2D eigenvalue weighted by Gasteiger charge is -2.12. The molecule has 1 atom stereocenters. The number of nitrogens with one attached hydrogen (secondary N) is 1. The molecule has 0 amide bonds. The van der Waals surface area contributed by atoms with E-state index in [2.05, 4.69) is 28.5 Å². The van der Waals surface area contributed by atoms with E-state index in [0.29, 0.717) is 6.04 Å². The van der Waals surface area contributed by atoms with Crippen molar-refractivity contribution in [3.63, 3.8) is 0 Å². The van der Waals surface area contributed by atoms with Gasteiger partial charge in [-0.2, -0.15) is 5.10 Å². The van der Waals surface area contributed by atoms with Gasteiger partial charge in [0, 0.05) is 36.6 Å². The van der Waals surface area contributed by atoms with Crippen LogP contribution >= 0.6 is 0 Å². The quantitative estimate of drug-likeness (QED) is 0.872. The molecule has 1 N–H and O–H groups in total. The highest BCUT2D eigenvalue weighted by atomic mass is 15.2. The van der Waals surface area contributed by atoms with Crippen LogP contribution < -0.4 is 5.32 Å². The first kappa shape index (κ1) is 10.7. The Hall–Kier alpha value is -1.42. The summed E-state index contributed by atoms with van der Waals surface area (Å²) in [5.41, 5.74) is 3.11. The highest BCUT2D eigenvalue weighted by Gasteiger charge is 2.27. The maximum atomic E-state index is 4.40. The molecule has 1 aliphatic rings. The van der Waals surface area contributed by atoms with Crippen molar-refractivity contribution in [1.29, 1.82) is 0 Å². The molecule has 4 nitrogen and oxygen atoms in total. The van der Waals surface area contributed by atoms with Crippen LogP contribution in [0.3, 0.4) is 0 Å². The van der Waals surface area contributed by atoms with Crippen molar-refractivity contribution in [2.24, 2.45) is 5.92 Å². The van der Waals surface area contributed by atoms with Crippen LogP contribution in [0.4, 0.5) is 0 Å². The molecule has 1 unspecified atom stereocenters. The third kappa shape index (κ3) is 2.31. The highest BCUT2D eigenvalue weighted by molar-refractivity contribution is 5.38. The molecule has 90 valence electrons. The minimum atomic E-state index is 0.616. The third-order valence-electron chi connectivity index (χ3n) is 3.45. The van der Waals surface area contributed by atoms with Crippen molar-refractivity contribution in [1.82, 2.24) is 19.9 Å². The second-order valence-corrected chi connectivity index (χ2v) is 5.06. The van der Waals surface area contributed by atoms with Crippen LogP contribution in [-0.2, 0) is 6.54 Å². The maximum Gasteiger partial charge on any atom is 0.155 e. The average molecular weight is 230 g/mol. The fourth-order valence-corrected chi connectivity index (χ4v) is 2.17. The zero-order valence-electron chi connectivity index (χ0n) is 10.3. The van der Waals surface area contributed by atoms with Gasteiger partial charge in [0.2, 0.25) is 0 Å². The lowest BCUT2D eigenvalue weighted by Crippen LogP contribution is -2.27. The Kier molecular flexibility index (Phi) is 2.59. The number of fused-ring (bicyclic) bond motifs is 1. The largest absolute Gasteiger partial charge is 0.310 e. The van der Waals surface area contributed by atoms with E-state index in [1.54, 1.807) is 0 Å². The van der Waals surface area contributed by atoms with Gasteiger partial charge in [0.05, 0.1) is 5.69 Å². The Labute approximate surface area is 101 Å². The van der Waals surface area contributed by atoms with Gasteiger partial charge in [0.1, 0.15) is 0 Å². The number of nitrogens with zero attached hydrogens (tertiary/aromatic N) is 3. The summed E-state index contributed by atoms with van der Waals surface area (Å²) in [6, 6.07) is 2.61. The summed E-state index contributed by atoms with van der Waals surface area (Å²) in [7, 11) is 0. The zero-order chi connectivity index (χ0) is 11.8. The molecule has 0 saturated heterocycles. The number of aryl methyl sites for hydroxylation is 1. The van der Waals surface area contributed by atoms with Gasteiger partial charge in [-0.15, -0.1) is 0 Å². The van der Waals surface area contributed by atoms with Crippen LogP contribution in [0.15, 0.2) is 18.5 Å². The normalized spacial score (nSPS) is 17.5. The Balaban J connectivity index is 1.71. The molecule has 2 aromatic heterocycles. The lowest BCUT2D eigenvalue weighted by molar-refractivity contribution is 0.495. The van der Waals surface area contributed by atoms with Gasteiger partial charge in [0.15, 0.2) is 5.65 Å². The van der Waals surface area contributed by atoms with E-state index in [0.717, 1.165) is 23.8 Å². The molecule has 1 aliphatic carbocycles. The Bertz CT molecular complexity index is 527. The second kappa shape index (κ2) is 4.11. The third-order valence-corrected chi connectivity index (χ3v) is 3.45. The van der Waals surface area contributed by atoms with Gasteiger partial charge in [-0.3, -0.25) is 0 Å². The summed E-state index contributed by atoms with van der Waals surface area (Å²) in [6.07, 6.45) is 6.75. The molecule has 1 saturated carbocycles. The van der Waals surface area contributed by atoms with E-state index in [1.165, 1.54) is 18.4 Å². The maximum absolute atomic E-state index is 4.40. The molecule has 2 heterocycles. The summed E-state index contributed by atoms with van der Waals surface area (Å²) >= 11 is 0. The van der Waals surface area contributed by atoms with Crippen LogP contribution in [0.5, 0.6) is 0 Å². The SMILES string of the molecule is Cc1cc2ncc(CNC(C)C3CC3)cn2n1. The average Bonchev–Trinajstić information content (AvgIpc) is 3.08. The summed E-state index contributed by atoms with van der Waals surface area (Å²) in [4.78, 5) is 4.40. The highest BCUT2D eigenvalue weighted by Crippen LogP contribution is 2.32. The summed E-state index contributed by atoms with van der Waals surface area (Å²) in [5, 5.41) is 7.93. The summed E-state index contributed by atoms with van der Waals surface area (Å²) in [5.74, 6) is 0.888. The number of hydrogen-bond acceptors (Lipinski definition) is 3. The van der Waals surface area contributed by atoms with E-state index in [4.69, 9.17) is 0 Å². The Morgan fingerprint density at radius 3 is 3.12 bits per heavy atom. The molecule has 3 rings (SSSR count). The first-order valence-corrected chi connectivity index (χ1v) is 6.26. The zero-order valence-corrected chi connectivity index (χ0v) is 10.3. The predicted octanol–water partition coefficient (Wildman–Crippen LogP) is 1.93. The molecule has 0 aliphatic heterocycles. The molecule has 0 spiro atoms. The monoisotopic (exact) mass is 230 g/mol. The minimum Gasteiger partial charge on any atom is -0.310 e. The van der Waals surface area contributed by atoms with E-state index in [-0.39, 0.29) is 0 Å². The van der Waals surface area contributed by atoms with E-state index in [9.17, 15) is 0 Å². The first-order valence-electron chi connectivity index (χ1n) is 6.26. The van der Waals surface area contributed by atoms with E-state index < -0.39 is 0 Å². The standard InChI is InChI=1S/C13H18N4/c1-9-5-13-15-7-11(8-17(13)16-9)6-14-10(2)12-3-4-12/h5,7-8,10,12,14H,3-4,6H2,1-2H3. The van der Waals surface area contributed by atoms with Gasteiger partial charge in [-0.05, 0) is 32.6 Å². The molecular weight excluding hydrogens is 212 g/mol. The molecule has 2 aromatic rings. The summed E-state index contributed by atoms with van der Waals surface area (Å²) in [6.45, 7) is 5.13. The molecule has 4 heteroatoms. The van der Waals surface area contributed by atoms with Crippen molar-refractivity contribution in [3.8, 4) is 0 Å². The fraction of sp³-hybridized carbons (Fsp3) is 0.538. The first-order chi connectivity index (χ1) is 8.22.